The molecule has 2 rings (SSSR count). The van der Waals surface area contributed by atoms with Crippen molar-refractivity contribution in [3.05, 3.63) is 71.3 Å². The van der Waals surface area contributed by atoms with Crippen molar-refractivity contribution in [2.75, 3.05) is 26.2 Å². The van der Waals surface area contributed by atoms with Crippen LogP contribution in [0.1, 0.15) is 24.0 Å². The van der Waals surface area contributed by atoms with Gasteiger partial charge in [0.2, 0.25) is 0 Å². The van der Waals surface area contributed by atoms with Crippen LogP contribution in [0.3, 0.4) is 0 Å². The van der Waals surface area contributed by atoms with Gasteiger partial charge in [-0.15, -0.1) is 24.0 Å². The quantitative estimate of drug-likeness (QED) is 0.303. The van der Waals surface area contributed by atoms with Gasteiger partial charge < -0.3 is 15.7 Å². The predicted octanol–water partition coefficient (Wildman–Crippen LogP) is 3.46. The Bertz CT molecular complexity index is 693. The average molecular weight is 489 g/mol. The summed E-state index contributed by atoms with van der Waals surface area (Å²) >= 11 is 0. The van der Waals surface area contributed by atoms with E-state index in [0.29, 0.717) is 25.6 Å². The molecule has 148 valence electrons. The molecule has 0 aromatic heterocycles. The summed E-state index contributed by atoms with van der Waals surface area (Å²) in [5.41, 5.74) is 1.08. The first-order valence-electron chi connectivity index (χ1n) is 8.76. The second kappa shape index (κ2) is 12.6. The zero-order valence-electron chi connectivity index (χ0n) is 15.3. The van der Waals surface area contributed by atoms with E-state index >= 15 is 0 Å². The summed E-state index contributed by atoms with van der Waals surface area (Å²) in [6, 6.07) is 13.5. The van der Waals surface area contributed by atoms with Crippen LogP contribution in [0, 0.1) is 11.6 Å². The van der Waals surface area contributed by atoms with Gasteiger partial charge in [0.15, 0.2) is 5.96 Å². The Labute approximate surface area is 176 Å². The van der Waals surface area contributed by atoms with E-state index in [2.05, 4.69) is 15.6 Å². The Morgan fingerprint density at radius 1 is 1.04 bits per heavy atom. The van der Waals surface area contributed by atoms with Gasteiger partial charge in [0.05, 0.1) is 13.2 Å². The fourth-order valence-corrected chi connectivity index (χ4v) is 2.61. The first-order chi connectivity index (χ1) is 12.7. The molecule has 2 aromatic rings. The predicted molar refractivity (Wildman–Crippen MR) is 116 cm³/mol. The number of rotatable bonds is 8. The lowest BCUT2D eigenvalue weighted by atomic mass is 10.0. The maximum atomic E-state index is 13.7. The minimum Gasteiger partial charge on any atom is -0.396 e. The SMILES string of the molecule is CCNC(=NCC(CO)c1ccccc1)NCCc1c(F)cccc1F.I. The largest absolute Gasteiger partial charge is 0.396 e. The Morgan fingerprint density at radius 2 is 1.70 bits per heavy atom. The van der Waals surface area contributed by atoms with Gasteiger partial charge in [-0.3, -0.25) is 4.99 Å². The number of guanidine groups is 1. The van der Waals surface area contributed by atoms with E-state index in [4.69, 9.17) is 0 Å². The Balaban J connectivity index is 0.00000364. The summed E-state index contributed by atoms with van der Waals surface area (Å²) in [6.07, 6.45) is 0.213. The fourth-order valence-electron chi connectivity index (χ4n) is 2.61. The van der Waals surface area contributed by atoms with E-state index in [1.165, 1.54) is 18.2 Å². The summed E-state index contributed by atoms with van der Waals surface area (Å²) in [7, 11) is 0. The summed E-state index contributed by atoms with van der Waals surface area (Å²) in [4.78, 5) is 4.48. The monoisotopic (exact) mass is 489 g/mol. The summed E-state index contributed by atoms with van der Waals surface area (Å²) in [6.45, 7) is 3.35. The van der Waals surface area contributed by atoms with Crippen molar-refractivity contribution in [2.24, 2.45) is 4.99 Å². The lowest BCUT2D eigenvalue weighted by molar-refractivity contribution is 0.268. The lowest BCUT2D eigenvalue weighted by Crippen LogP contribution is -2.38. The second-order valence-electron chi connectivity index (χ2n) is 5.89. The summed E-state index contributed by atoms with van der Waals surface area (Å²) in [5.74, 6) is -0.634. The molecule has 0 aliphatic heterocycles. The Kier molecular flexibility index (Phi) is 10.9. The zero-order chi connectivity index (χ0) is 18.8. The standard InChI is InChI=1S/C20H25F2N3O.HI/c1-2-23-20(24-12-11-17-18(21)9-6-10-19(17)22)25-13-16(14-26)15-7-4-3-5-8-15;/h3-10,16,26H,2,11-14H2,1H3,(H2,23,24,25);1H. The molecule has 0 spiro atoms. The van der Waals surface area contributed by atoms with Crippen molar-refractivity contribution >= 4 is 29.9 Å². The molecule has 2 aromatic carbocycles. The molecule has 0 saturated heterocycles. The molecule has 0 amide bonds. The molecule has 0 saturated carbocycles. The van der Waals surface area contributed by atoms with Crippen LogP contribution in [0.4, 0.5) is 8.78 Å². The van der Waals surface area contributed by atoms with Crippen molar-refractivity contribution in [1.29, 1.82) is 0 Å². The van der Waals surface area contributed by atoms with E-state index in [0.717, 1.165) is 5.56 Å². The lowest BCUT2D eigenvalue weighted by Gasteiger charge is -2.15. The first-order valence-corrected chi connectivity index (χ1v) is 8.76. The third kappa shape index (κ3) is 7.42. The zero-order valence-corrected chi connectivity index (χ0v) is 17.6. The molecule has 0 aliphatic carbocycles. The number of nitrogens with one attached hydrogen (secondary N) is 2. The fraction of sp³-hybridized carbons (Fsp3) is 0.350. The van der Waals surface area contributed by atoms with Gasteiger partial charge in [0.25, 0.3) is 0 Å². The highest BCUT2D eigenvalue weighted by molar-refractivity contribution is 14.0. The topological polar surface area (TPSA) is 56.7 Å². The minimum absolute atomic E-state index is 0. The van der Waals surface area contributed by atoms with Crippen molar-refractivity contribution in [3.63, 3.8) is 0 Å². The molecule has 0 aliphatic rings. The minimum atomic E-state index is -0.543. The number of nitrogens with zero attached hydrogens (tertiary/aromatic N) is 1. The number of aliphatic hydroxyl groups excluding tert-OH is 1. The van der Waals surface area contributed by atoms with Crippen LogP contribution in [0.5, 0.6) is 0 Å². The molecule has 1 unspecified atom stereocenters. The van der Waals surface area contributed by atoms with E-state index in [-0.39, 0.29) is 48.5 Å². The molecule has 7 heteroatoms. The van der Waals surface area contributed by atoms with Crippen LogP contribution >= 0.6 is 24.0 Å². The molecule has 27 heavy (non-hydrogen) atoms. The van der Waals surface area contributed by atoms with Crippen molar-refractivity contribution in [2.45, 2.75) is 19.3 Å². The van der Waals surface area contributed by atoms with Crippen LogP contribution in [0.25, 0.3) is 0 Å². The van der Waals surface area contributed by atoms with E-state index in [1.807, 2.05) is 37.3 Å². The van der Waals surface area contributed by atoms with Crippen LogP contribution < -0.4 is 10.6 Å². The van der Waals surface area contributed by atoms with Gasteiger partial charge in [-0.2, -0.15) is 0 Å². The molecule has 3 N–H and O–H groups in total. The molecule has 0 fully saturated rings. The summed E-state index contributed by atoms with van der Waals surface area (Å²) in [5, 5.41) is 15.8. The van der Waals surface area contributed by atoms with Crippen LogP contribution in [0.15, 0.2) is 53.5 Å². The number of aliphatic imine (C=N–C) groups is 1. The third-order valence-corrected chi connectivity index (χ3v) is 4.03. The third-order valence-electron chi connectivity index (χ3n) is 4.03. The van der Waals surface area contributed by atoms with Crippen LogP contribution in [-0.4, -0.2) is 37.3 Å². The van der Waals surface area contributed by atoms with Crippen LogP contribution in [-0.2, 0) is 6.42 Å². The van der Waals surface area contributed by atoms with Crippen molar-refractivity contribution < 1.29 is 13.9 Å². The van der Waals surface area contributed by atoms with Crippen LogP contribution in [0.2, 0.25) is 0 Å². The normalized spacial score (nSPS) is 12.2. The maximum Gasteiger partial charge on any atom is 0.191 e. The highest BCUT2D eigenvalue weighted by Crippen LogP contribution is 2.15. The molecule has 1 atom stereocenters. The highest BCUT2D eigenvalue weighted by Gasteiger charge is 2.11. The van der Waals surface area contributed by atoms with Gasteiger partial charge in [-0.05, 0) is 31.0 Å². The highest BCUT2D eigenvalue weighted by atomic mass is 127. The van der Waals surface area contributed by atoms with Crippen molar-refractivity contribution in [3.8, 4) is 0 Å². The van der Waals surface area contributed by atoms with Crippen molar-refractivity contribution in [1.82, 2.24) is 10.6 Å². The van der Waals surface area contributed by atoms with Gasteiger partial charge in [0.1, 0.15) is 11.6 Å². The maximum absolute atomic E-state index is 13.7. The van der Waals surface area contributed by atoms with Gasteiger partial charge in [-0.1, -0.05) is 36.4 Å². The molecular weight excluding hydrogens is 463 g/mol. The number of hydrogen-bond donors (Lipinski definition) is 3. The molecular formula is C20H26F2IN3O. The van der Waals surface area contributed by atoms with E-state index in [9.17, 15) is 13.9 Å². The Hall–Kier alpha value is -1.74. The molecule has 0 bridgehead atoms. The number of benzene rings is 2. The smallest absolute Gasteiger partial charge is 0.191 e. The second-order valence-corrected chi connectivity index (χ2v) is 5.89. The number of hydrogen-bond acceptors (Lipinski definition) is 2. The summed E-state index contributed by atoms with van der Waals surface area (Å²) < 4.78 is 27.3. The van der Waals surface area contributed by atoms with Gasteiger partial charge >= 0.3 is 0 Å². The van der Waals surface area contributed by atoms with E-state index < -0.39 is 11.6 Å². The molecule has 4 nitrogen and oxygen atoms in total. The van der Waals surface area contributed by atoms with Gasteiger partial charge in [0, 0.05) is 24.6 Å². The Morgan fingerprint density at radius 3 is 2.30 bits per heavy atom. The number of aliphatic hydroxyl groups is 1. The molecule has 0 radical (unpaired) electrons. The molecule has 0 heterocycles. The first kappa shape index (κ1) is 23.3. The van der Waals surface area contributed by atoms with Gasteiger partial charge in [-0.25, -0.2) is 8.78 Å². The average Bonchev–Trinajstić information content (AvgIpc) is 2.65. The van der Waals surface area contributed by atoms with E-state index in [1.54, 1.807) is 0 Å². The number of halogens is 3.